The van der Waals surface area contributed by atoms with Crippen LogP contribution in [-0.2, 0) is 11.3 Å². The Morgan fingerprint density at radius 1 is 1.22 bits per heavy atom. The molecule has 2 rings (SSSR count). The van der Waals surface area contributed by atoms with Crippen molar-refractivity contribution in [3.63, 3.8) is 0 Å². The second-order valence-corrected chi connectivity index (χ2v) is 5.38. The van der Waals surface area contributed by atoms with Crippen LogP contribution in [0.4, 0.5) is 8.78 Å². The van der Waals surface area contributed by atoms with Crippen LogP contribution in [0.15, 0.2) is 30.3 Å². The number of nitrogens with zero attached hydrogens (tertiary/aromatic N) is 1. The van der Waals surface area contributed by atoms with Gasteiger partial charge in [0.25, 0.3) is 5.92 Å². The van der Waals surface area contributed by atoms with Crippen molar-refractivity contribution in [1.82, 2.24) is 4.90 Å². The molecule has 1 aliphatic rings. The lowest BCUT2D eigenvalue weighted by atomic mass is 10.1. The van der Waals surface area contributed by atoms with Crippen molar-refractivity contribution in [1.29, 1.82) is 0 Å². The zero-order valence-corrected chi connectivity index (χ0v) is 10.8. The van der Waals surface area contributed by atoms with Crippen molar-refractivity contribution < 1.29 is 13.5 Å². The molecule has 0 aliphatic heterocycles. The van der Waals surface area contributed by atoms with Crippen LogP contribution >= 0.6 is 0 Å². The van der Waals surface area contributed by atoms with Gasteiger partial charge in [0.2, 0.25) is 0 Å². The average molecular weight is 255 g/mol. The third kappa shape index (κ3) is 2.87. The van der Waals surface area contributed by atoms with Crippen LogP contribution in [0.1, 0.15) is 12.0 Å². The van der Waals surface area contributed by atoms with Crippen molar-refractivity contribution in [2.24, 2.45) is 5.41 Å². The van der Waals surface area contributed by atoms with Gasteiger partial charge in [-0.1, -0.05) is 30.3 Å². The highest BCUT2D eigenvalue weighted by Crippen LogP contribution is 2.60. The van der Waals surface area contributed by atoms with E-state index in [-0.39, 0.29) is 13.0 Å². The summed E-state index contributed by atoms with van der Waals surface area (Å²) in [6.45, 7) is 0.883. The maximum atomic E-state index is 13.4. The first kappa shape index (κ1) is 13.4. The molecule has 0 aromatic heterocycles. The largest absolute Gasteiger partial charge is 0.376 e. The maximum Gasteiger partial charge on any atom is 0.258 e. The van der Waals surface area contributed by atoms with E-state index in [0.717, 1.165) is 5.56 Å². The van der Waals surface area contributed by atoms with Gasteiger partial charge in [-0.05, 0) is 19.7 Å². The summed E-state index contributed by atoms with van der Waals surface area (Å²) >= 11 is 0. The third-order valence-electron chi connectivity index (χ3n) is 3.32. The minimum atomic E-state index is -2.58. The van der Waals surface area contributed by atoms with Crippen LogP contribution in [-0.4, -0.2) is 38.1 Å². The van der Waals surface area contributed by atoms with Crippen LogP contribution in [0.2, 0.25) is 0 Å². The summed E-state index contributed by atoms with van der Waals surface area (Å²) in [6, 6.07) is 9.62. The zero-order valence-electron chi connectivity index (χ0n) is 10.8. The van der Waals surface area contributed by atoms with Crippen LogP contribution in [0, 0.1) is 5.41 Å². The van der Waals surface area contributed by atoms with Gasteiger partial charge < -0.3 is 9.64 Å². The Morgan fingerprint density at radius 2 is 1.83 bits per heavy atom. The quantitative estimate of drug-likeness (QED) is 0.775. The van der Waals surface area contributed by atoms with Crippen molar-refractivity contribution >= 4 is 0 Å². The molecule has 4 heteroatoms. The molecule has 2 nitrogen and oxygen atoms in total. The molecule has 1 aromatic rings. The summed E-state index contributed by atoms with van der Waals surface area (Å²) in [4.78, 5) is 1.80. The fraction of sp³-hybridized carbons (Fsp3) is 0.571. The molecule has 0 spiro atoms. The number of benzene rings is 1. The van der Waals surface area contributed by atoms with E-state index in [2.05, 4.69) is 0 Å². The van der Waals surface area contributed by atoms with Gasteiger partial charge >= 0.3 is 0 Å². The highest BCUT2D eigenvalue weighted by atomic mass is 19.3. The summed E-state index contributed by atoms with van der Waals surface area (Å²) in [6.07, 6.45) is -0.0625. The fourth-order valence-electron chi connectivity index (χ4n) is 2.30. The summed E-state index contributed by atoms with van der Waals surface area (Å²) in [5, 5.41) is 0. The van der Waals surface area contributed by atoms with E-state index in [1.165, 1.54) is 0 Å². The maximum absolute atomic E-state index is 13.4. The third-order valence-corrected chi connectivity index (χ3v) is 3.32. The van der Waals surface area contributed by atoms with Crippen LogP contribution in [0.3, 0.4) is 0 Å². The molecule has 100 valence electrons. The lowest BCUT2D eigenvalue weighted by molar-refractivity contribution is -0.00671. The molecule has 0 N–H and O–H groups in total. The Bertz CT molecular complexity index is 394. The van der Waals surface area contributed by atoms with E-state index in [9.17, 15) is 8.78 Å². The van der Waals surface area contributed by atoms with Gasteiger partial charge in [-0.3, -0.25) is 0 Å². The lowest BCUT2D eigenvalue weighted by Gasteiger charge is -2.20. The van der Waals surface area contributed by atoms with Crippen molar-refractivity contribution in [3.05, 3.63) is 35.9 Å². The Labute approximate surface area is 107 Å². The highest BCUT2D eigenvalue weighted by Gasteiger charge is 2.71. The Hall–Kier alpha value is -1.00. The van der Waals surface area contributed by atoms with E-state index in [4.69, 9.17) is 4.74 Å². The SMILES string of the molecule is CN(C)C[C@]1(COCc2ccccc2)CC1(F)F. The van der Waals surface area contributed by atoms with Gasteiger partial charge in [-0.15, -0.1) is 0 Å². The molecular weight excluding hydrogens is 236 g/mol. The van der Waals surface area contributed by atoms with Gasteiger partial charge in [0.05, 0.1) is 18.6 Å². The number of rotatable bonds is 6. The first-order valence-electron chi connectivity index (χ1n) is 6.09. The van der Waals surface area contributed by atoms with E-state index in [1.54, 1.807) is 4.90 Å². The minimum Gasteiger partial charge on any atom is -0.376 e. The van der Waals surface area contributed by atoms with Crippen LogP contribution in [0.25, 0.3) is 0 Å². The van der Waals surface area contributed by atoms with Gasteiger partial charge in [0.15, 0.2) is 0 Å². The van der Waals surface area contributed by atoms with Crippen LogP contribution in [0.5, 0.6) is 0 Å². The molecule has 0 saturated heterocycles. The number of alkyl halides is 2. The summed E-state index contributed by atoms with van der Waals surface area (Å²) in [5.41, 5.74) is 0.0344. The lowest BCUT2D eigenvalue weighted by Crippen LogP contribution is -2.31. The predicted molar refractivity (Wildman–Crippen MR) is 66.6 cm³/mol. The Morgan fingerprint density at radius 3 is 2.33 bits per heavy atom. The van der Waals surface area contributed by atoms with Crippen LogP contribution < -0.4 is 0 Å². The molecule has 0 radical (unpaired) electrons. The molecule has 18 heavy (non-hydrogen) atoms. The van der Waals surface area contributed by atoms with Crippen molar-refractivity contribution in [2.45, 2.75) is 19.0 Å². The van der Waals surface area contributed by atoms with Gasteiger partial charge in [0.1, 0.15) is 0 Å². The number of halogens is 2. The topological polar surface area (TPSA) is 12.5 Å². The van der Waals surface area contributed by atoms with E-state index in [0.29, 0.717) is 13.2 Å². The van der Waals surface area contributed by atoms with Crippen molar-refractivity contribution in [3.8, 4) is 0 Å². The van der Waals surface area contributed by atoms with Gasteiger partial charge in [0, 0.05) is 13.0 Å². The predicted octanol–water partition coefficient (Wildman–Crippen LogP) is 2.79. The summed E-state index contributed by atoms with van der Waals surface area (Å²) in [5.74, 6) is -2.58. The second-order valence-electron chi connectivity index (χ2n) is 5.38. The molecule has 1 saturated carbocycles. The summed E-state index contributed by atoms with van der Waals surface area (Å²) < 4.78 is 32.3. The molecule has 0 heterocycles. The zero-order chi connectivity index (χ0) is 13.2. The number of hydrogen-bond acceptors (Lipinski definition) is 2. The molecule has 0 amide bonds. The molecule has 1 aromatic carbocycles. The first-order chi connectivity index (χ1) is 8.45. The number of hydrogen-bond donors (Lipinski definition) is 0. The van der Waals surface area contributed by atoms with E-state index >= 15 is 0 Å². The highest BCUT2D eigenvalue weighted by molar-refractivity contribution is 5.14. The molecule has 0 unspecified atom stereocenters. The fourth-order valence-corrected chi connectivity index (χ4v) is 2.30. The Kier molecular flexibility index (Phi) is 3.69. The average Bonchev–Trinajstić information content (AvgIpc) is 2.80. The summed E-state index contributed by atoms with van der Waals surface area (Å²) in [7, 11) is 3.63. The molecule has 1 aliphatic carbocycles. The van der Waals surface area contributed by atoms with Gasteiger partial charge in [-0.25, -0.2) is 8.78 Å². The number of ether oxygens (including phenoxy) is 1. The van der Waals surface area contributed by atoms with E-state index in [1.807, 2.05) is 44.4 Å². The van der Waals surface area contributed by atoms with E-state index < -0.39 is 11.3 Å². The monoisotopic (exact) mass is 255 g/mol. The first-order valence-corrected chi connectivity index (χ1v) is 6.09. The molecule has 1 atom stereocenters. The molecular formula is C14H19F2NO. The minimum absolute atomic E-state index is 0.0625. The smallest absolute Gasteiger partial charge is 0.258 e. The van der Waals surface area contributed by atoms with Crippen molar-refractivity contribution in [2.75, 3.05) is 27.2 Å². The Balaban J connectivity index is 1.85. The normalized spacial score (nSPS) is 25.4. The molecule has 1 fully saturated rings. The standard InChI is InChI=1S/C14H19F2NO/c1-17(2)10-13(9-14(13,15)16)11-18-8-12-6-4-3-5-7-12/h3-7H,8-11H2,1-2H3/t13-/m0/s1. The molecule has 0 bridgehead atoms. The van der Waals surface area contributed by atoms with Gasteiger partial charge in [-0.2, -0.15) is 0 Å². The second kappa shape index (κ2) is 4.94.